The highest BCUT2D eigenvalue weighted by atomic mass is 14.9. The van der Waals surface area contributed by atoms with Crippen molar-refractivity contribution < 1.29 is 0 Å². The maximum absolute atomic E-state index is 3.67. The first-order valence-corrected chi connectivity index (χ1v) is 8.85. The molecule has 0 heterocycles. The van der Waals surface area contributed by atoms with E-state index in [0.29, 0.717) is 5.92 Å². The van der Waals surface area contributed by atoms with Crippen molar-refractivity contribution in [2.24, 2.45) is 17.8 Å². The van der Waals surface area contributed by atoms with E-state index < -0.39 is 0 Å². The Balaban J connectivity index is 1.85. The van der Waals surface area contributed by atoms with E-state index in [1.807, 2.05) is 0 Å². The molecular weight excluding hydrogens is 254 g/mol. The van der Waals surface area contributed by atoms with Gasteiger partial charge in [-0.2, -0.15) is 0 Å². The molecule has 1 saturated carbocycles. The largest absolute Gasteiger partial charge is 0.316 e. The number of benzene rings is 1. The van der Waals surface area contributed by atoms with Crippen LogP contribution < -0.4 is 5.32 Å². The average molecular weight is 287 g/mol. The van der Waals surface area contributed by atoms with Gasteiger partial charge in [-0.25, -0.2) is 0 Å². The van der Waals surface area contributed by atoms with Gasteiger partial charge < -0.3 is 5.32 Å². The normalized spacial score (nSPS) is 22.4. The Hall–Kier alpha value is -0.820. The van der Waals surface area contributed by atoms with Crippen LogP contribution in [0.4, 0.5) is 0 Å². The molecule has 0 spiro atoms. The second-order valence-electron chi connectivity index (χ2n) is 7.60. The van der Waals surface area contributed by atoms with E-state index in [2.05, 4.69) is 57.3 Å². The van der Waals surface area contributed by atoms with Gasteiger partial charge in [0.15, 0.2) is 0 Å². The number of hydrogen-bond donors (Lipinski definition) is 1. The lowest BCUT2D eigenvalue weighted by Crippen LogP contribution is -2.28. The van der Waals surface area contributed by atoms with Crippen molar-refractivity contribution in [3.63, 3.8) is 0 Å². The summed E-state index contributed by atoms with van der Waals surface area (Å²) in [5.74, 6) is 3.16. The standard InChI is InChI=1S/C20H33N/c1-15(2)13-21-14-20-7-5-6-19(20)12-17-8-10-18(11-9-17)16(3)4/h8-11,15-16,19-21H,5-7,12-14H2,1-4H3. The summed E-state index contributed by atoms with van der Waals surface area (Å²) in [7, 11) is 0. The van der Waals surface area contributed by atoms with Gasteiger partial charge in [-0.15, -0.1) is 0 Å². The summed E-state index contributed by atoms with van der Waals surface area (Å²) < 4.78 is 0. The maximum atomic E-state index is 3.67. The third-order valence-corrected chi connectivity index (χ3v) is 4.92. The maximum Gasteiger partial charge on any atom is -0.00176 e. The van der Waals surface area contributed by atoms with Gasteiger partial charge in [0, 0.05) is 0 Å². The Bertz CT molecular complexity index is 404. The van der Waals surface area contributed by atoms with Crippen LogP contribution in [0.15, 0.2) is 24.3 Å². The molecule has 1 aliphatic rings. The van der Waals surface area contributed by atoms with Crippen LogP contribution in [0, 0.1) is 17.8 Å². The highest BCUT2D eigenvalue weighted by Gasteiger charge is 2.26. The van der Waals surface area contributed by atoms with Crippen LogP contribution in [0.1, 0.15) is 64.0 Å². The minimum atomic E-state index is 0.638. The van der Waals surface area contributed by atoms with Crippen molar-refractivity contribution in [1.82, 2.24) is 5.32 Å². The Kier molecular flexibility index (Phi) is 6.29. The second-order valence-corrected chi connectivity index (χ2v) is 7.60. The second kappa shape index (κ2) is 7.98. The molecule has 0 aromatic heterocycles. The summed E-state index contributed by atoms with van der Waals surface area (Å²) >= 11 is 0. The molecule has 1 heteroatoms. The fraction of sp³-hybridized carbons (Fsp3) is 0.700. The lowest BCUT2D eigenvalue weighted by molar-refractivity contribution is 0.357. The van der Waals surface area contributed by atoms with Gasteiger partial charge >= 0.3 is 0 Å². The third kappa shape index (κ3) is 5.14. The smallest absolute Gasteiger partial charge is 0.00176 e. The molecule has 1 aromatic rings. The van der Waals surface area contributed by atoms with Crippen molar-refractivity contribution in [3.05, 3.63) is 35.4 Å². The van der Waals surface area contributed by atoms with Crippen molar-refractivity contribution in [2.75, 3.05) is 13.1 Å². The van der Waals surface area contributed by atoms with Crippen LogP contribution in [0.25, 0.3) is 0 Å². The molecule has 0 aliphatic heterocycles. The van der Waals surface area contributed by atoms with E-state index in [0.717, 1.165) is 24.3 Å². The highest BCUT2D eigenvalue weighted by Crippen LogP contribution is 2.34. The monoisotopic (exact) mass is 287 g/mol. The molecule has 0 saturated heterocycles. The van der Waals surface area contributed by atoms with Gasteiger partial charge in [0.2, 0.25) is 0 Å². The molecule has 2 atom stereocenters. The summed E-state index contributed by atoms with van der Waals surface area (Å²) in [6.07, 6.45) is 5.52. The van der Waals surface area contributed by atoms with Crippen LogP contribution in [-0.4, -0.2) is 13.1 Å². The van der Waals surface area contributed by atoms with E-state index >= 15 is 0 Å². The molecule has 1 fully saturated rings. The van der Waals surface area contributed by atoms with Gasteiger partial charge in [-0.3, -0.25) is 0 Å². The lowest BCUT2D eigenvalue weighted by atomic mass is 9.88. The van der Waals surface area contributed by atoms with Crippen molar-refractivity contribution >= 4 is 0 Å². The minimum Gasteiger partial charge on any atom is -0.316 e. The van der Waals surface area contributed by atoms with Crippen molar-refractivity contribution in [1.29, 1.82) is 0 Å². The van der Waals surface area contributed by atoms with E-state index in [1.54, 1.807) is 0 Å². The van der Waals surface area contributed by atoms with Crippen LogP contribution in [0.5, 0.6) is 0 Å². The Morgan fingerprint density at radius 3 is 2.29 bits per heavy atom. The predicted octanol–water partition coefficient (Wildman–Crippen LogP) is 5.01. The van der Waals surface area contributed by atoms with Gasteiger partial charge in [-0.1, -0.05) is 58.4 Å². The highest BCUT2D eigenvalue weighted by molar-refractivity contribution is 5.25. The van der Waals surface area contributed by atoms with Crippen LogP contribution in [-0.2, 0) is 6.42 Å². The fourth-order valence-corrected chi connectivity index (χ4v) is 3.55. The predicted molar refractivity (Wildman–Crippen MR) is 92.8 cm³/mol. The average Bonchev–Trinajstić information content (AvgIpc) is 2.86. The summed E-state index contributed by atoms with van der Waals surface area (Å²) in [5, 5.41) is 3.67. The third-order valence-electron chi connectivity index (χ3n) is 4.92. The van der Waals surface area contributed by atoms with Gasteiger partial charge in [0.1, 0.15) is 0 Å². The van der Waals surface area contributed by atoms with Gasteiger partial charge in [0.25, 0.3) is 0 Å². The molecule has 1 aromatic carbocycles. The molecule has 2 rings (SSSR count). The number of nitrogens with one attached hydrogen (secondary N) is 1. The zero-order valence-corrected chi connectivity index (χ0v) is 14.4. The summed E-state index contributed by atoms with van der Waals surface area (Å²) in [6.45, 7) is 11.5. The van der Waals surface area contributed by atoms with Crippen LogP contribution in [0.3, 0.4) is 0 Å². The van der Waals surface area contributed by atoms with Crippen molar-refractivity contribution in [2.45, 2.75) is 59.3 Å². The zero-order chi connectivity index (χ0) is 15.2. The topological polar surface area (TPSA) is 12.0 Å². The van der Waals surface area contributed by atoms with E-state index in [-0.39, 0.29) is 0 Å². The van der Waals surface area contributed by atoms with E-state index in [4.69, 9.17) is 0 Å². The first-order chi connectivity index (χ1) is 10.1. The van der Waals surface area contributed by atoms with Crippen molar-refractivity contribution in [3.8, 4) is 0 Å². The molecule has 1 N–H and O–H groups in total. The summed E-state index contributed by atoms with van der Waals surface area (Å²) in [5.41, 5.74) is 2.99. The SMILES string of the molecule is CC(C)CNCC1CCCC1Cc1ccc(C(C)C)cc1. The van der Waals surface area contributed by atoms with Gasteiger partial charge in [0.05, 0.1) is 0 Å². The molecule has 118 valence electrons. The molecule has 2 unspecified atom stereocenters. The zero-order valence-electron chi connectivity index (χ0n) is 14.4. The molecule has 0 bridgehead atoms. The van der Waals surface area contributed by atoms with E-state index in [1.165, 1.54) is 43.4 Å². The first kappa shape index (κ1) is 16.5. The Labute approximate surface area is 131 Å². The van der Waals surface area contributed by atoms with Crippen LogP contribution >= 0.6 is 0 Å². The van der Waals surface area contributed by atoms with Crippen LogP contribution in [0.2, 0.25) is 0 Å². The van der Waals surface area contributed by atoms with E-state index in [9.17, 15) is 0 Å². The molecular formula is C20H33N. The Morgan fingerprint density at radius 1 is 1.00 bits per heavy atom. The Morgan fingerprint density at radius 2 is 1.67 bits per heavy atom. The summed E-state index contributed by atoms with van der Waals surface area (Å²) in [4.78, 5) is 0. The molecule has 1 aliphatic carbocycles. The van der Waals surface area contributed by atoms with Gasteiger partial charge in [-0.05, 0) is 67.2 Å². The lowest BCUT2D eigenvalue weighted by Gasteiger charge is -2.21. The molecule has 0 amide bonds. The minimum absolute atomic E-state index is 0.638. The summed E-state index contributed by atoms with van der Waals surface area (Å²) in [6, 6.07) is 9.35. The fourth-order valence-electron chi connectivity index (χ4n) is 3.55. The quantitative estimate of drug-likeness (QED) is 0.743. The molecule has 0 radical (unpaired) electrons. The number of rotatable bonds is 7. The molecule has 1 nitrogen and oxygen atoms in total. The molecule has 21 heavy (non-hydrogen) atoms. The number of hydrogen-bond acceptors (Lipinski definition) is 1. The first-order valence-electron chi connectivity index (χ1n) is 8.85.